The number of aromatic nitrogens is 1. The highest BCUT2D eigenvalue weighted by Crippen LogP contribution is 2.23. The molecule has 1 aromatic heterocycles. The van der Waals surface area contributed by atoms with Crippen molar-refractivity contribution in [1.29, 1.82) is 0 Å². The van der Waals surface area contributed by atoms with E-state index in [0.29, 0.717) is 17.2 Å². The highest BCUT2D eigenvalue weighted by atomic mass is 32.2. The molecule has 2 heterocycles. The number of hydrogen-bond donors (Lipinski definition) is 1. The van der Waals surface area contributed by atoms with Gasteiger partial charge in [-0.15, -0.1) is 0 Å². The van der Waals surface area contributed by atoms with Crippen LogP contribution < -0.4 is 10.1 Å². The van der Waals surface area contributed by atoms with Crippen molar-refractivity contribution in [3.05, 3.63) is 36.1 Å². The van der Waals surface area contributed by atoms with Crippen molar-refractivity contribution in [3.8, 4) is 17.0 Å². The summed E-state index contributed by atoms with van der Waals surface area (Å²) in [4.78, 5) is 25.4. The molecule has 1 aliphatic rings. The zero-order valence-electron chi connectivity index (χ0n) is 14.8. The molecule has 1 saturated heterocycles. The third kappa shape index (κ3) is 4.45. The van der Waals surface area contributed by atoms with Crippen LogP contribution in [0.15, 0.2) is 34.9 Å². The summed E-state index contributed by atoms with van der Waals surface area (Å²) in [7, 11) is -1.65. The quantitative estimate of drug-likeness (QED) is 0.702. The van der Waals surface area contributed by atoms with Crippen molar-refractivity contribution in [2.24, 2.45) is 0 Å². The predicted octanol–water partition coefficient (Wildman–Crippen LogP) is 1.21. The fourth-order valence-corrected chi connectivity index (χ4v) is 3.36. The Hall–Kier alpha value is -2.88. The summed E-state index contributed by atoms with van der Waals surface area (Å²) in [5.74, 6) is 0.391. The smallest absolute Gasteiger partial charge is 0.325 e. The van der Waals surface area contributed by atoms with Crippen LogP contribution in [0.1, 0.15) is 12.2 Å². The molecule has 10 heteroatoms. The average Bonchev–Trinajstić information content (AvgIpc) is 3.20. The normalized spacial score (nSPS) is 17.3. The van der Waals surface area contributed by atoms with Gasteiger partial charge in [-0.05, 0) is 30.7 Å². The van der Waals surface area contributed by atoms with Crippen molar-refractivity contribution < 1.29 is 27.3 Å². The number of benzene rings is 1. The lowest BCUT2D eigenvalue weighted by Crippen LogP contribution is -2.32. The number of amides is 3. The molecule has 9 nitrogen and oxygen atoms in total. The number of sulfone groups is 1. The summed E-state index contributed by atoms with van der Waals surface area (Å²) in [6.45, 7) is -0.0802. The molecule has 0 aliphatic carbocycles. The van der Waals surface area contributed by atoms with Crippen molar-refractivity contribution in [3.63, 3.8) is 0 Å². The van der Waals surface area contributed by atoms with Crippen molar-refractivity contribution in [1.82, 2.24) is 15.4 Å². The monoisotopic (exact) mass is 393 g/mol. The van der Waals surface area contributed by atoms with E-state index in [-0.39, 0.29) is 18.7 Å². The first-order chi connectivity index (χ1) is 12.8. The standard InChI is InChI=1S/C17H19N3O6S/c1-25-12-5-3-11(4-6-12)15-9-13(26-19-15)10-20-16(21)14(18-17(20)22)7-8-27(2,23)24/h3-6,9,14H,7-8,10H2,1-2H3,(H,18,22). The number of nitrogens with zero attached hydrogens (tertiary/aromatic N) is 2. The van der Waals surface area contributed by atoms with Gasteiger partial charge in [0.25, 0.3) is 5.91 Å². The Bertz CT molecular complexity index is 951. The van der Waals surface area contributed by atoms with E-state index in [1.807, 2.05) is 12.1 Å². The van der Waals surface area contributed by atoms with Crippen LogP contribution >= 0.6 is 0 Å². The predicted molar refractivity (Wildman–Crippen MR) is 95.7 cm³/mol. The number of imide groups is 1. The third-order valence-corrected chi connectivity index (χ3v) is 5.12. The molecule has 0 spiro atoms. The number of hydrogen-bond acceptors (Lipinski definition) is 7. The molecule has 27 heavy (non-hydrogen) atoms. The van der Waals surface area contributed by atoms with Gasteiger partial charge in [0.2, 0.25) is 0 Å². The van der Waals surface area contributed by atoms with E-state index in [1.54, 1.807) is 25.3 Å². The lowest BCUT2D eigenvalue weighted by atomic mass is 10.1. The molecular formula is C17H19N3O6S. The average molecular weight is 393 g/mol. The minimum absolute atomic E-state index is 0.0351. The first-order valence-corrected chi connectivity index (χ1v) is 10.2. The summed E-state index contributed by atoms with van der Waals surface area (Å²) in [6, 6.07) is 7.41. The number of carbonyl (C=O) groups excluding carboxylic acids is 2. The maximum Gasteiger partial charge on any atom is 0.325 e. The third-order valence-electron chi connectivity index (χ3n) is 4.14. The van der Waals surface area contributed by atoms with E-state index in [9.17, 15) is 18.0 Å². The molecule has 1 N–H and O–H groups in total. The number of nitrogens with one attached hydrogen (secondary N) is 1. The number of urea groups is 1. The van der Waals surface area contributed by atoms with Gasteiger partial charge in [0.15, 0.2) is 5.76 Å². The maximum atomic E-state index is 12.4. The lowest BCUT2D eigenvalue weighted by molar-refractivity contribution is -0.128. The van der Waals surface area contributed by atoms with Crippen LogP contribution in [0.4, 0.5) is 4.79 Å². The Labute approximate surface area is 156 Å². The topological polar surface area (TPSA) is 119 Å². The van der Waals surface area contributed by atoms with Gasteiger partial charge in [0, 0.05) is 17.9 Å². The number of ether oxygens (including phenoxy) is 1. The molecule has 1 atom stereocenters. The Morgan fingerprint density at radius 2 is 1.96 bits per heavy atom. The fourth-order valence-electron chi connectivity index (χ4n) is 2.70. The molecule has 0 radical (unpaired) electrons. The Balaban J connectivity index is 1.67. The zero-order chi connectivity index (χ0) is 19.6. The fraction of sp³-hybridized carbons (Fsp3) is 0.353. The Kier molecular flexibility index (Phi) is 5.17. The first-order valence-electron chi connectivity index (χ1n) is 8.16. The minimum atomic E-state index is -3.22. The molecule has 1 unspecified atom stereocenters. The molecule has 0 bridgehead atoms. The second kappa shape index (κ2) is 7.39. The van der Waals surface area contributed by atoms with Crippen molar-refractivity contribution in [2.45, 2.75) is 19.0 Å². The lowest BCUT2D eigenvalue weighted by Gasteiger charge is -2.10. The van der Waals surface area contributed by atoms with E-state index in [4.69, 9.17) is 9.26 Å². The minimum Gasteiger partial charge on any atom is -0.497 e. The van der Waals surface area contributed by atoms with Crippen molar-refractivity contribution >= 4 is 21.8 Å². The van der Waals surface area contributed by atoms with Crippen LogP contribution in [-0.2, 0) is 21.2 Å². The molecule has 2 aromatic rings. The molecule has 1 fully saturated rings. The number of rotatable bonds is 7. The molecule has 144 valence electrons. The van der Waals surface area contributed by atoms with Gasteiger partial charge >= 0.3 is 6.03 Å². The van der Waals surface area contributed by atoms with Crippen molar-refractivity contribution in [2.75, 3.05) is 19.1 Å². The van der Waals surface area contributed by atoms with E-state index in [1.165, 1.54) is 0 Å². The van der Waals surface area contributed by atoms with E-state index >= 15 is 0 Å². The number of carbonyl (C=O) groups is 2. The van der Waals surface area contributed by atoms with Gasteiger partial charge in [0.1, 0.15) is 27.3 Å². The second-order valence-electron chi connectivity index (χ2n) is 6.25. The summed E-state index contributed by atoms with van der Waals surface area (Å²) in [5, 5.41) is 6.45. The molecular weight excluding hydrogens is 374 g/mol. The molecule has 1 aromatic carbocycles. The van der Waals surface area contributed by atoms with Gasteiger partial charge < -0.3 is 14.6 Å². The van der Waals surface area contributed by atoms with E-state index < -0.39 is 27.8 Å². The molecule has 3 amide bonds. The maximum absolute atomic E-state index is 12.4. The molecule has 0 saturated carbocycles. The van der Waals surface area contributed by atoms with Crippen LogP contribution in [0.25, 0.3) is 11.3 Å². The SMILES string of the molecule is COc1ccc(-c2cc(CN3C(=O)NC(CCS(C)(=O)=O)C3=O)on2)cc1. The van der Waals surface area contributed by atoms with Gasteiger partial charge in [-0.25, -0.2) is 13.2 Å². The second-order valence-corrected chi connectivity index (χ2v) is 8.51. The van der Waals surface area contributed by atoms with Gasteiger partial charge in [0.05, 0.1) is 19.4 Å². The highest BCUT2D eigenvalue weighted by Gasteiger charge is 2.38. The molecule has 3 rings (SSSR count). The summed E-state index contributed by atoms with van der Waals surface area (Å²) < 4.78 is 32.9. The van der Waals surface area contributed by atoms with Crippen LogP contribution in [0.3, 0.4) is 0 Å². The largest absolute Gasteiger partial charge is 0.497 e. The van der Waals surface area contributed by atoms with Crippen LogP contribution in [0.2, 0.25) is 0 Å². The Morgan fingerprint density at radius 1 is 1.26 bits per heavy atom. The van der Waals surface area contributed by atoms with E-state index in [0.717, 1.165) is 16.7 Å². The highest BCUT2D eigenvalue weighted by molar-refractivity contribution is 7.90. The van der Waals surface area contributed by atoms with Gasteiger partial charge in [-0.1, -0.05) is 5.16 Å². The summed E-state index contributed by atoms with van der Waals surface area (Å²) >= 11 is 0. The number of methoxy groups -OCH3 is 1. The zero-order valence-corrected chi connectivity index (χ0v) is 15.7. The summed E-state index contributed by atoms with van der Waals surface area (Å²) in [5.41, 5.74) is 1.36. The summed E-state index contributed by atoms with van der Waals surface area (Å²) in [6.07, 6.45) is 1.12. The molecule has 1 aliphatic heterocycles. The van der Waals surface area contributed by atoms with Gasteiger partial charge in [-0.3, -0.25) is 9.69 Å². The Morgan fingerprint density at radius 3 is 2.59 bits per heavy atom. The van der Waals surface area contributed by atoms with Crippen LogP contribution in [-0.4, -0.2) is 55.6 Å². The van der Waals surface area contributed by atoms with E-state index in [2.05, 4.69) is 10.5 Å². The van der Waals surface area contributed by atoms with Crippen LogP contribution in [0.5, 0.6) is 5.75 Å². The van der Waals surface area contributed by atoms with Crippen LogP contribution in [0, 0.1) is 0 Å². The van der Waals surface area contributed by atoms with Gasteiger partial charge in [-0.2, -0.15) is 0 Å². The first kappa shape index (κ1) is 18.9.